The van der Waals surface area contributed by atoms with Gasteiger partial charge in [0.15, 0.2) is 0 Å². The van der Waals surface area contributed by atoms with Gasteiger partial charge in [-0.1, -0.05) is 32.3 Å². The van der Waals surface area contributed by atoms with E-state index in [2.05, 4.69) is 35.0 Å². The molecule has 3 rings (SSSR count). The fourth-order valence-electron chi connectivity index (χ4n) is 5.55. The Morgan fingerprint density at radius 3 is 2.27 bits per heavy atom. The highest BCUT2D eigenvalue weighted by Crippen LogP contribution is 2.49. The van der Waals surface area contributed by atoms with Crippen LogP contribution in [0.2, 0.25) is 0 Å². The first-order valence-corrected chi connectivity index (χ1v) is 9.46. The molecule has 2 nitrogen and oxygen atoms in total. The Hall–Kier alpha value is -0.340. The standard InChI is InChI=1S/C20H36NO/c1-20(2,14-21(3,4)5)19-17-12-7-6-10-15(17)16-11-8-9-13-18(16)22-19/h16,18-19H,6-14H2,1-5H3/q+1/t16-,18-,19+/m0/s1. The number of rotatable bonds is 3. The van der Waals surface area contributed by atoms with Crippen LogP contribution in [-0.2, 0) is 4.74 Å². The predicted octanol–water partition coefficient (Wildman–Crippen LogP) is 4.55. The molecule has 0 aromatic heterocycles. The summed E-state index contributed by atoms with van der Waals surface area (Å²) in [5.41, 5.74) is 3.77. The summed E-state index contributed by atoms with van der Waals surface area (Å²) in [6, 6.07) is 0. The van der Waals surface area contributed by atoms with E-state index >= 15 is 0 Å². The van der Waals surface area contributed by atoms with Crippen molar-refractivity contribution >= 4 is 0 Å². The van der Waals surface area contributed by atoms with Crippen LogP contribution in [0.4, 0.5) is 0 Å². The molecule has 0 saturated heterocycles. The van der Waals surface area contributed by atoms with Crippen LogP contribution in [0.1, 0.15) is 65.2 Å². The summed E-state index contributed by atoms with van der Waals surface area (Å²) in [7, 11) is 6.93. The molecule has 1 aliphatic heterocycles. The van der Waals surface area contributed by atoms with Crippen molar-refractivity contribution in [1.29, 1.82) is 0 Å². The fourth-order valence-corrected chi connectivity index (χ4v) is 5.55. The Bertz CT molecular complexity index is 443. The molecule has 0 N–H and O–H groups in total. The summed E-state index contributed by atoms with van der Waals surface area (Å²) in [4.78, 5) is 0. The fraction of sp³-hybridized carbons (Fsp3) is 0.900. The molecular weight excluding hydrogens is 270 g/mol. The van der Waals surface area contributed by atoms with Gasteiger partial charge in [0.1, 0.15) is 0 Å². The quantitative estimate of drug-likeness (QED) is 0.549. The lowest BCUT2D eigenvalue weighted by atomic mass is 9.68. The second-order valence-electron chi connectivity index (χ2n) is 9.64. The van der Waals surface area contributed by atoms with Crippen LogP contribution in [0.5, 0.6) is 0 Å². The first-order chi connectivity index (χ1) is 10.3. The van der Waals surface area contributed by atoms with Gasteiger partial charge in [0.2, 0.25) is 0 Å². The van der Waals surface area contributed by atoms with Crippen molar-refractivity contribution in [2.24, 2.45) is 11.3 Å². The van der Waals surface area contributed by atoms with Gasteiger partial charge in [0.05, 0.1) is 39.9 Å². The van der Waals surface area contributed by atoms with Crippen molar-refractivity contribution in [3.05, 3.63) is 11.1 Å². The highest BCUT2D eigenvalue weighted by molar-refractivity contribution is 5.29. The summed E-state index contributed by atoms with van der Waals surface area (Å²) >= 11 is 0. The van der Waals surface area contributed by atoms with Crippen molar-refractivity contribution in [3.8, 4) is 0 Å². The van der Waals surface area contributed by atoms with E-state index < -0.39 is 0 Å². The Labute approximate surface area is 137 Å². The third-order valence-electron chi connectivity index (χ3n) is 5.92. The maximum Gasteiger partial charge on any atom is 0.0896 e. The molecule has 126 valence electrons. The van der Waals surface area contributed by atoms with Crippen LogP contribution >= 0.6 is 0 Å². The largest absolute Gasteiger partial charge is 0.369 e. The lowest BCUT2D eigenvalue weighted by Crippen LogP contribution is -2.52. The third kappa shape index (κ3) is 3.28. The monoisotopic (exact) mass is 306 g/mol. The molecule has 22 heavy (non-hydrogen) atoms. The molecule has 0 unspecified atom stereocenters. The molecular formula is C20H36NO+. The average Bonchev–Trinajstić information content (AvgIpc) is 2.44. The summed E-state index contributed by atoms with van der Waals surface area (Å²) in [6.07, 6.45) is 11.8. The molecule has 1 heterocycles. The van der Waals surface area contributed by atoms with E-state index in [1.807, 2.05) is 5.57 Å². The normalized spacial score (nSPS) is 33.4. The number of nitrogens with zero attached hydrogens (tertiary/aromatic N) is 1. The second-order valence-corrected chi connectivity index (χ2v) is 9.64. The minimum absolute atomic E-state index is 0.221. The molecule has 2 aliphatic carbocycles. The lowest BCUT2D eigenvalue weighted by molar-refractivity contribution is -0.877. The molecule has 1 saturated carbocycles. The lowest BCUT2D eigenvalue weighted by Gasteiger charge is -2.50. The predicted molar refractivity (Wildman–Crippen MR) is 92.8 cm³/mol. The van der Waals surface area contributed by atoms with Gasteiger partial charge in [0.25, 0.3) is 0 Å². The van der Waals surface area contributed by atoms with Crippen molar-refractivity contribution in [2.75, 3.05) is 27.7 Å². The zero-order valence-corrected chi connectivity index (χ0v) is 15.5. The Morgan fingerprint density at radius 1 is 0.955 bits per heavy atom. The topological polar surface area (TPSA) is 9.23 Å². The average molecular weight is 307 g/mol. The van der Waals surface area contributed by atoms with E-state index in [1.165, 1.54) is 57.9 Å². The molecule has 0 spiro atoms. The number of ether oxygens (including phenoxy) is 1. The van der Waals surface area contributed by atoms with Crippen LogP contribution in [0.15, 0.2) is 11.1 Å². The zero-order chi connectivity index (χ0) is 16.0. The van der Waals surface area contributed by atoms with E-state index in [0.29, 0.717) is 12.2 Å². The Morgan fingerprint density at radius 2 is 1.59 bits per heavy atom. The molecule has 0 bridgehead atoms. The summed E-state index contributed by atoms with van der Waals surface area (Å²) < 4.78 is 7.82. The van der Waals surface area contributed by atoms with Crippen LogP contribution in [-0.4, -0.2) is 44.4 Å². The van der Waals surface area contributed by atoms with Crippen molar-refractivity contribution in [1.82, 2.24) is 0 Å². The highest BCUT2D eigenvalue weighted by Gasteiger charge is 2.46. The Balaban J connectivity index is 1.92. The van der Waals surface area contributed by atoms with Gasteiger partial charge >= 0.3 is 0 Å². The third-order valence-corrected chi connectivity index (χ3v) is 5.92. The van der Waals surface area contributed by atoms with Gasteiger partial charge in [-0.3, -0.25) is 0 Å². The SMILES string of the molecule is CC(C)(C[N+](C)(C)C)[C@@H]1O[C@H]2CCCC[C@H]2C2=C1CCCC2. The molecule has 0 amide bonds. The number of quaternary nitrogens is 1. The van der Waals surface area contributed by atoms with Gasteiger partial charge in [-0.05, 0) is 44.1 Å². The number of hydrogen-bond acceptors (Lipinski definition) is 1. The smallest absolute Gasteiger partial charge is 0.0896 e. The minimum Gasteiger partial charge on any atom is -0.369 e. The van der Waals surface area contributed by atoms with Crippen molar-refractivity contribution < 1.29 is 9.22 Å². The van der Waals surface area contributed by atoms with Crippen LogP contribution in [0, 0.1) is 11.3 Å². The first kappa shape index (κ1) is 16.5. The Kier molecular flexibility index (Phi) is 4.46. The number of hydrogen-bond donors (Lipinski definition) is 0. The second kappa shape index (κ2) is 5.94. The van der Waals surface area contributed by atoms with Crippen LogP contribution < -0.4 is 0 Å². The molecule has 0 radical (unpaired) electrons. The molecule has 3 atom stereocenters. The van der Waals surface area contributed by atoms with Gasteiger partial charge in [0, 0.05) is 11.3 Å². The zero-order valence-electron chi connectivity index (χ0n) is 15.5. The van der Waals surface area contributed by atoms with E-state index in [0.717, 1.165) is 10.4 Å². The van der Waals surface area contributed by atoms with E-state index in [-0.39, 0.29) is 5.41 Å². The van der Waals surface area contributed by atoms with E-state index in [1.54, 1.807) is 5.57 Å². The maximum atomic E-state index is 6.80. The molecule has 1 fully saturated rings. The molecule has 0 aromatic rings. The molecule has 2 heteroatoms. The minimum atomic E-state index is 0.221. The summed E-state index contributed by atoms with van der Waals surface area (Å²) in [6.45, 7) is 6.04. The van der Waals surface area contributed by atoms with Crippen molar-refractivity contribution in [3.63, 3.8) is 0 Å². The summed E-state index contributed by atoms with van der Waals surface area (Å²) in [5.74, 6) is 0.764. The highest BCUT2D eigenvalue weighted by atomic mass is 16.5. The van der Waals surface area contributed by atoms with Gasteiger partial charge < -0.3 is 9.22 Å². The van der Waals surface area contributed by atoms with Crippen LogP contribution in [0.3, 0.4) is 0 Å². The van der Waals surface area contributed by atoms with Gasteiger partial charge in [-0.2, -0.15) is 0 Å². The van der Waals surface area contributed by atoms with E-state index in [9.17, 15) is 0 Å². The summed E-state index contributed by atoms with van der Waals surface area (Å²) in [5, 5.41) is 0. The number of fused-ring (bicyclic) bond motifs is 2. The van der Waals surface area contributed by atoms with Crippen LogP contribution in [0.25, 0.3) is 0 Å². The van der Waals surface area contributed by atoms with Gasteiger partial charge in [-0.25, -0.2) is 0 Å². The van der Waals surface area contributed by atoms with Crippen molar-refractivity contribution in [2.45, 2.75) is 77.4 Å². The molecule has 0 aromatic carbocycles. The molecule has 3 aliphatic rings. The first-order valence-electron chi connectivity index (χ1n) is 9.46. The van der Waals surface area contributed by atoms with E-state index in [4.69, 9.17) is 4.74 Å². The van der Waals surface area contributed by atoms with Gasteiger partial charge in [-0.15, -0.1) is 0 Å². The maximum absolute atomic E-state index is 6.80.